The van der Waals surface area contributed by atoms with Crippen LogP contribution in [0.25, 0.3) is 11.0 Å². The zero-order valence-electron chi connectivity index (χ0n) is 16.9. The fraction of sp³-hybridized carbons (Fsp3) is 0.667. The van der Waals surface area contributed by atoms with Crippen molar-refractivity contribution in [2.24, 2.45) is 0 Å². The second-order valence-corrected chi connectivity index (χ2v) is 8.24. The summed E-state index contributed by atoms with van der Waals surface area (Å²) in [6.07, 6.45) is 10.8. The van der Waals surface area contributed by atoms with E-state index < -0.39 is 0 Å². The minimum Gasteiger partial charge on any atom is -0.354 e. The summed E-state index contributed by atoms with van der Waals surface area (Å²) in [7, 11) is 2.18. The third-order valence-corrected chi connectivity index (χ3v) is 6.16. The van der Waals surface area contributed by atoms with E-state index in [0.29, 0.717) is 17.4 Å². The Hall–Kier alpha value is -1.99. The van der Waals surface area contributed by atoms with E-state index in [4.69, 9.17) is 4.98 Å². The van der Waals surface area contributed by atoms with Crippen molar-refractivity contribution in [1.82, 2.24) is 24.3 Å². The molecule has 0 bridgehead atoms. The Morgan fingerprint density at radius 3 is 2.71 bits per heavy atom. The number of hydrogen-bond donors (Lipinski definition) is 1. The molecule has 1 aliphatic heterocycles. The summed E-state index contributed by atoms with van der Waals surface area (Å²) in [5.74, 6) is 0.626. The van der Waals surface area contributed by atoms with Gasteiger partial charge >= 0.3 is 0 Å². The first kappa shape index (κ1) is 19.3. The number of piperazine rings is 1. The van der Waals surface area contributed by atoms with Crippen LogP contribution in [0.15, 0.2) is 23.3 Å². The van der Waals surface area contributed by atoms with Crippen molar-refractivity contribution in [2.45, 2.75) is 44.6 Å². The molecule has 152 valence electrons. The molecule has 0 spiro atoms. The average Bonchev–Trinajstić information content (AvgIpc) is 2.73. The van der Waals surface area contributed by atoms with Gasteiger partial charge in [-0.15, -0.1) is 0 Å². The van der Waals surface area contributed by atoms with Gasteiger partial charge in [0.25, 0.3) is 0 Å². The van der Waals surface area contributed by atoms with E-state index in [9.17, 15) is 4.79 Å². The largest absolute Gasteiger partial charge is 0.354 e. The monoisotopic (exact) mass is 384 g/mol. The highest BCUT2D eigenvalue weighted by Gasteiger charge is 2.18. The molecule has 1 aliphatic carbocycles. The van der Waals surface area contributed by atoms with Crippen molar-refractivity contribution in [3.05, 3.63) is 28.7 Å². The topological polar surface area (TPSA) is 66.3 Å². The lowest BCUT2D eigenvalue weighted by molar-refractivity contribution is 0.154. The van der Waals surface area contributed by atoms with Gasteiger partial charge in [0.1, 0.15) is 5.65 Å². The number of aromatic nitrogens is 3. The molecule has 1 saturated carbocycles. The number of rotatable bonds is 6. The lowest BCUT2D eigenvalue weighted by atomic mass is 9.95. The molecule has 0 radical (unpaired) electrons. The molecule has 7 heteroatoms. The summed E-state index contributed by atoms with van der Waals surface area (Å²) in [6, 6.07) is 2.10. The number of likely N-dealkylation sites (N-methyl/N-ethyl adjacent to an activating group) is 1. The molecule has 1 N–H and O–H groups in total. The molecule has 0 aromatic carbocycles. The highest BCUT2D eigenvalue weighted by Crippen LogP contribution is 2.29. The Morgan fingerprint density at radius 2 is 1.93 bits per heavy atom. The van der Waals surface area contributed by atoms with Crippen LogP contribution in [0, 0.1) is 0 Å². The molecule has 0 atom stereocenters. The van der Waals surface area contributed by atoms with E-state index in [2.05, 4.69) is 31.7 Å². The van der Waals surface area contributed by atoms with Crippen LogP contribution < -0.4 is 10.7 Å². The second-order valence-electron chi connectivity index (χ2n) is 8.24. The van der Waals surface area contributed by atoms with Crippen LogP contribution in [0.3, 0.4) is 0 Å². The van der Waals surface area contributed by atoms with Crippen molar-refractivity contribution in [3.63, 3.8) is 0 Å². The SMILES string of the molecule is CN1CCN(CCCNc2ncc3c(=O)ccn(C4CCCCC4)c3n2)CC1. The van der Waals surface area contributed by atoms with Gasteiger partial charge in [-0.2, -0.15) is 4.98 Å². The number of nitrogens with one attached hydrogen (secondary N) is 1. The van der Waals surface area contributed by atoms with Gasteiger partial charge in [-0.25, -0.2) is 4.98 Å². The smallest absolute Gasteiger partial charge is 0.224 e. The van der Waals surface area contributed by atoms with Gasteiger partial charge in [-0.1, -0.05) is 19.3 Å². The Morgan fingerprint density at radius 1 is 1.14 bits per heavy atom. The van der Waals surface area contributed by atoms with Gasteiger partial charge in [0, 0.05) is 57.2 Å². The van der Waals surface area contributed by atoms with Crippen LogP contribution in [0.4, 0.5) is 5.95 Å². The van der Waals surface area contributed by atoms with Crippen molar-refractivity contribution >= 4 is 17.0 Å². The molecule has 2 aliphatic rings. The van der Waals surface area contributed by atoms with Gasteiger partial charge in [0.15, 0.2) is 5.43 Å². The average molecular weight is 385 g/mol. The predicted octanol–water partition coefficient (Wildman–Crippen LogP) is 2.35. The number of fused-ring (bicyclic) bond motifs is 1. The maximum atomic E-state index is 12.3. The van der Waals surface area contributed by atoms with Gasteiger partial charge < -0.3 is 19.7 Å². The standard InChI is InChI=1S/C21H32N6O/c1-25-12-14-26(15-13-25)10-5-9-22-21-23-16-18-19(28)8-11-27(20(18)24-21)17-6-3-2-4-7-17/h8,11,16-17H,2-7,9-10,12-15H2,1H3,(H,22,23,24). The highest BCUT2D eigenvalue weighted by molar-refractivity contribution is 5.75. The third kappa shape index (κ3) is 4.52. The molecule has 3 heterocycles. The first-order valence-electron chi connectivity index (χ1n) is 10.7. The summed E-state index contributed by atoms with van der Waals surface area (Å²) in [5, 5.41) is 3.98. The Bertz CT molecular complexity index is 836. The molecule has 0 amide bonds. The van der Waals surface area contributed by atoms with E-state index in [0.717, 1.165) is 64.2 Å². The first-order chi connectivity index (χ1) is 13.7. The molecule has 0 unspecified atom stereocenters. The van der Waals surface area contributed by atoms with E-state index in [1.165, 1.54) is 19.3 Å². The molecule has 4 rings (SSSR count). The Labute approximate surface area is 166 Å². The molecular weight excluding hydrogens is 352 g/mol. The van der Waals surface area contributed by atoms with Gasteiger partial charge in [-0.05, 0) is 32.9 Å². The van der Waals surface area contributed by atoms with E-state index >= 15 is 0 Å². The summed E-state index contributed by atoms with van der Waals surface area (Å²) < 4.78 is 2.20. The Balaban J connectivity index is 1.41. The molecule has 7 nitrogen and oxygen atoms in total. The second kappa shape index (κ2) is 9.01. The van der Waals surface area contributed by atoms with Crippen molar-refractivity contribution in [2.75, 3.05) is 51.6 Å². The number of hydrogen-bond acceptors (Lipinski definition) is 6. The molecule has 28 heavy (non-hydrogen) atoms. The summed E-state index contributed by atoms with van der Waals surface area (Å²) in [4.78, 5) is 26.3. The maximum absolute atomic E-state index is 12.3. The minimum absolute atomic E-state index is 0.00340. The van der Waals surface area contributed by atoms with Gasteiger partial charge in [0.05, 0.1) is 5.39 Å². The Kier molecular flexibility index (Phi) is 6.22. The lowest BCUT2D eigenvalue weighted by Crippen LogP contribution is -2.44. The quantitative estimate of drug-likeness (QED) is 0.771. The lowest BCUT2D eigenvalue weighted by Gasteiger charge is -2.32. The van der Waals surface area contributed by atoms with Crippen LogP contribution in [0.5, 0.6) is 0 Å². The molecule has 2 fully saturated rings. The zero-order valence-corrected chi connectivity index (χ0v) is 16.9. The summed E-state index contributed by atoms with van der Waals surface area (Å²) in [5.41, 5.74) is 0.777. The number of pyridine rings is 1. The highest BCUT2D eigenvalue weighted by atomic mass is 16.1. The van der Waals surface area contributed by atoms with Crippen molar-refractivity contribution in [3.8, 4) is 0 Å². The zero-order chi connectivity index (χ0) is 19.3. The number of anilines is 1. The molecule has 2 aromatic rings. The van der Waals surface area contributed by atoms with Crippen LogP contribution in [-0.4, -0.2) is 70.7 Å². The first-order valence-corrected chi connectivity index (χ1v) is 10.7. The molecular formula is C21H32N6O. The van der Waals surface area contributed by atoms with Crippen molar-refractivity contribution in [1.29, 1.82) is 0 Å². The maximum Gasteiger partial charge on any atom is 0.224 e. The fourth-order valence-corrected chi connectivity index (χ4v) is 4.37. The van der Waals surface area contributed by atoms with E-state index in [1.54, 1.807) is 12.3 Å². The summed E-state index contributed by atoms with van der Waals surface area (Å²) in [6.45, 7) is 6.55. The van der Waals surface area contributed by atoms with Crippen molar-refractivity contribution < 1.29 is 0 Å². The molecule has 1 saturated heterocycles. The van der Waals surface area contributed by atoms with E-state index in [-0.39, 0.29) is 5.43 Å². The van der Waals surface area contributed by atoms with Gasteiger partial charge in [-0.3, -0.25) is 4.79 Å². The minimum atomic E-state index is 0.00340. The third-order valence-electron chi connectivity index (χ3n) is 6.16. The van der Waals surface area contributed by atoms with Crippen LogP contribution in [0.2, 0.25) is 0 Å². The predicted molar refractivity (Wildman–Crippen MR) is 113 cm³/mol. The molecule has 2 aromatic heterocycles. The normalized spacial score (nSPS) is 19.9. The fourth-order valence-electron chi connectivity index (χ4n) is 4.37. The van der Waals surface area contributed by atoms with Crippen LogP contribution in [0.1, 0.15) is 44.6 Å². The number of nitrogens with zero attached hydrogens (tertiary/aromatic N) is 5. The van der Waals surface area contributed by atoms with Crippen LogP contribution in [-0.2, 0) is 0 Å². The van der Waals surface area contributed by atoms with Crippen LogP contribution >= 0.6 is 0 Å². The summed E-state index contributed by atoms with van der Waals surface area (Å²) >= 11 is 0. The van der Waals surface area contributed by atoms with Gasteiger partial charge in [0.2, 0.25) is 5.95 Å². The van der Waals surface area contributed by atoms with E-state index in [1.807, 2.05) is 6.20 Å².